The molecule has 1 amide bonds. The highest BCUT2D eigenvalue weighted by atomic mass is 16.5. The fourth-order valence-corrected chi connectivity index (χ4v) is 4.27. The number of hydrogen-bond acceptors (Lipinski definition) is 5. The summed E-state index contributed by atoms with van der Waals surface area (Å²) < 4.78 is 7.06. The van der Waals surface area contributed by atoms with Crippen molar-refractivity contribution in [1.29, 1.82) is 0 Å². The van der Waals surface area contributed by atoms with Gasteiger partial charge in [-0.2, -0.15) is 5.10 Å². The molecule has 0 N–H and O–H groups in total. The predicted octanol–water partition coefficient (Wildman–Crippen LogP) is 2.50. The second-order valence-electron chi connectivity index (χ2n) is 7.68. The maximum Gasteiger partial charge on any atom is 0.226 e. The average Bonchev–Trinajstić information content (AvgIpc) is 3.21. The molecule has 0 aromatic carbocycles. The fourth-order valence-electron chi connectivity index (χ4n) is 4.27. The van der Waals surface area contributed by atoms with Crippen LogP contribution in [0.25, 0.3) is 0 Å². The quantitative estimate of drug-likeness (QED) is 0.778. The minimum atomic E-state index is 0.114. The molecular weight excluding hydrogens is 342 g/mol. The molecule has 1 fully saturated rings. The van der Waals surface area contributed by atoms with Crippen LogP contribution in [0.2, 0.25) is 0 Å². The van der Waals surface area contributed by atoms with Gasteiger partial charge in [0.15, 0.2) is 0 Å². The van der Waals surface area contributed by atoms with Crippen LogP contribution < -0.4 is 0 Å². The van der Waals surface area contributed by atoms with E-state index in [2.05, 4.69) is 28.3 Å². The van der Waals surface area contributed by atoms with Gasteiger partial charge < -0.3 is 9.42 Å². The molecule has 7 nitrogen and oxygen atoms in total. The molecule has 0 unspecified atom stereocenters. The van der Waals surface area contributed by atoms with Gasteiger partial charge in [0.05, 0.1) is 18.3 Å². The minimum Gasteiger partial charge on any atom is -0.361 e. The Balaban J connectivity index is 1.72. The summed E-state index contributed by atoms with van der Waals surface area (Å²) >= 11 is 0. The van der Waals surface area contributed by atoms with Gasteiger partial charge in [-0.05, 0) is 45.7 Å². The minimum absolute atomic E-state index is 0.114. The molecule has 1 aliphatic rings. The molecule has 0 bridgehead atoms. The number of rotatable bonds is 6. The van der Waals surface area contributed by atoms with Gasteiger partial charge in [-0.15, -0.1) is 0 Å². The number of carbonyl (C=O) groups excluding carboxylic acids is 1. The molecule has 0 radical (unpaired) electrons. The molecule has 3 heterocycles. The smallest absolute Gasteiger partial charge is 0.226 e. The number of carbonyl (C=O) groups is 1. The Morgan fingerprint density at radius 1 is 1.41 bits per heavy atom. The van der Waals surface area contributed by atoms with Crippen LogP contribution in [0.4, 0.5) is 0 Å². The van der Waals surface area contributed by atoms with E-state index < -0.39 is 0 Å². The zero-order valence-corrected chi connectivity index (χ0v) is 17.1. The first kappa shape index (κ1) is 19.6. The number of likely N-dealkylation sites (tertiary alicyclic amines) is 1. The molecule has 2 atom stereocenters. The molecule has 1 saturated heterocycles. The van der Waals surface area contributed by atoms with Gasteiger partial charge in [0.2, 0.25) is 5.91 Å². The van der Waals surface area contributed by atoms with E-state index in [1.807, 2.05) is 43.7 Å². The Morgan fingerprint density at radius 3 is 2.78 bits per heavy atom. The summed E-state index contributed by atoms with van der Waals surface area (Å²) in [5, 5.41) is 8.33. The van der Waals surface area contributed by atoms with Crippen LogP contribution in [0.1, 0.15) is 48.4 Å². The molecule has 0 saturated carbocycles. The summed E-state index contributed by atoms with van der Waals surface area (Å²) in [5.74, 6) is 1.25. The lowest BCUT2D eigenvalue weighted by molar-refractivity contribution is -0.130. The third-order valence-corrected chi connectivity index (χ3v) is 5.78. The number of likely N-dealkylation sites (N-methyl/N-ethyl adjacent to an activating group) is 1. The number of amides is 1. The fraction of sp³-hybridized carbons (Fsp3) is 0.650. The first-order valence-corrected chi connectivity index (χ1v) is 9.79. The molecule has 7 heteroatoms. The summed E-state index contributed by atoms with van der Waals surface area (Å²) in [6, 6.07) is 0.312. The average molecular weight is 374 g/mol. The van der Waals surface area contributed by atoms with Gasteiger partial charge >= 0.3 is 0 Å². The first-order chi connectivity index (χ1) is 12.9. The summed E-state index contributed by atoms with van der Waals surface area (Å²) in [6.45, 7) is 8.81. The number of aromatic nitrogens is 3. The lowest BCUT2D eigenvalue weighted by atomic mass is 9.85. The molecule has 27 heavy (non-hydrogen) atoms. The second-order valence-corrected chi connectivity index (χ2v) is 7.68. The second kappa shape index (κ2) is 8.25. The van der Waals surface area contributed by atoms with E-state index >= 15 is 0 Å². The van der Waals surface area contributed by atoms with Gasteiger partial charge in [-0.25, -0.2) is 0 Å². The monoisotopic (exact) mass is 373 g/mol. The number of hydrogen-bond donors (Lipinski definition) is 0. The van der Waals surface area contributed by atoms with Crippen LogP contribution in [0, 0.1) is 19.8 Å². The molecule has 1 aliphatic heterocycles. The number of piperidine rings is 1. The maximum atomic E-state index is 12.8. The summed E-state index contributed by atoms with van der Waals surface area (Å²) in [4.78, 5) is 17.2. The van der Waals surface area contributed by atoms with E-state index in [9.17, 15) is 4.79 Å². The standard InChI is InChI=1S/C20H31N5O2/c1-6-25-9-7-8-16(20(25)17-11-21-24(5)13-17)12-23(4)19(26)10-18-14(2)22-27-15(18)3/h11,13,16,20H,6-10,12H2,1-5H3/t16-,20+/m0/s1. The Morgan fingerprint density at radius 2 is 2.19 bits per heavy atom. The van der Waals surface area contributed by atoms with E-state index in [1.165, 1.54) is 12.0 Å². The highest BCUT2D eigenvalue weighted by molar-refractivity contribution is 5.79. The van der Waals surface area contributed by atoms with Gasteiger partial charge in [-0.3, -0.25) is 14.4 Å². The third-order valence-electron chi connectivity index (χ3n) is 5.78. The third kappa shape index (κ3) is 4.24. The van der Waals surface area contributed by atoms with E-state index in [4.69, 9.17) is 4.52 Å². The van der Waals surface area contributed by atoms with E-state index in [0.29, 0.717) is 18.4 Å². The van der Waals surface area contributed by atoms with Crippen LogP contribution >= 0.6 is 0 Å². The maximum absolute atomic E-state index is 12.8. The predicted molar refractivity (Wildman–Crippen MR) is 103 cm³/mol. The topological polar surface area (TPSA) is 67.4 Å². The Kier molecular flexibility index (Phi) is 5.99. The van der Waals surface area contributed by atoms with E-state index in [1.54, 1.807) is 0 Å². The Hall–Kier alpha value is -2.15. The lowest BCUT2D eigenvalue weighted by Gasteiger charge is -2.42. The normalized spacial score (nSPS) is 20.8. The van der Waals surface area contributed by atoms with Gasteiger partial charge in [0, 0.05) is 44.0 Å². The van der Waals surface area contributed by atoms with Crippen molar-refractivity contribution in [3.63, 3.8) is 0 Å². The molecule has 0 aliphatic carbocycles. The first-order valence-electron chi connectivity index (χ1n) is 9.79. The van der Waals surface area contributed by atoms with Crippen LogP contribution in [0.3, 0.4) is 0 Å². The van der Waals surface area contributed by atoms with Crippen molar-refractivity contribution < 1.29 is 9.32 Å². The zero-order valence-electron chi connectivity index (χ0n) is 17.1. The van der Waals surface area contributed by atoms with Crippen molar-refractivity contribution in [2.45, 2.75) is 46.1 Å². The Bertz CT molecular complexity index is 762. The summed E-state index contributed by atoms with van der Waals surface area (Å²) in [6.07, 6.45) is 6.72. The molecule has 0 spiro atoms. The van der Waals surface area contributed by atoms with Gasteiger partial charge in [0.1, 0.15) is 5.76 Å². The summed E-state index contributed by atoms with van der Waals surface area (Å²) in [5.41, 5.74) is 2.96. The highest BCUT2D eigenvalue weighted by Gasteiger charge is 2.34. The van der Waals surface area contributed by atoms with Gasteiger partial charge in [-0.1, -0.05) is 12.1 Å². The van der Waals surface area contributed by atoms with Crippen LogP contribution in [-0.2, 0) is 18.3 Å². The van der Waals surface area contributed by atoms with Crippen molar-refractivity contribution in [2.24, 2.45) is 13.0 Å². The number of aryl methyl sites for hydroxylation is 3. The van der Waals surface area contributed by atoms with Crippen molar-refractivity contribution in [2.75, 3.05) is 26.7 Å². The SMILES string of the molecule is CCN1CCC[C@@H](CN(C)C(=O)Cc2c(C)noc2C)[C@@H]1c1cnn(C)c1. The molecule has 3 rings (SSSR count). The van der Waals surface area contributed by atoms with Crippen molar-refractivity contribution in [3.8, 4) is 0 Å². The molecule has 2 aromatic rings. The van der Waals surface area contributed by atoms with Gasteiger partial charge in [0.25, 0.3) is 0 Å². The van der Waals surface area contributed by atoms with Crippen molar-refractivity contribution >= 4 is 5.91 Å². The highest BCUT2D eigenvalue weighted by Crippen LogP contribution is 2.36. The van der Waals surface area contributed by atoms with Crippen LogP contribution in [0.5, 0.6) is 0 Å². The van der Waals surface area contributed by atoms with Crippen molar-refractivity contribution in [1.82, 2.24) is 24.7 Å². The van der Waals surface area contributed by atoms with Crippen LogP contribution in [-0.4, -0.2) is 57.3 Å². The largest absolute Gasteiger partial charge is 0.361 e. The summed E-state index contributed by atoms with van der Waals surface area (Å²) in [7, 11) is 3.86. The van der Waals surface area contributed by atoms with E-state index in [-0.39, 0.29) is 5.91 Å². The van der Waals surface area contributed by atoms with Crippen molar-refractivity contribution in [3.05, 3.63) is 35.0 Å². The molecule has 148 valence electrons. The zero-order chi connectivity index (χ0) is 19.6. The van der Waals surface area contributed by atoms with E-state index in [0.717, 1.165) is 43.1 Å². The Labute approximate surface area is 161 Å². The number of nitrogens with zero attached hydrogens (tertiary/aromatic N) is 5. The van der Waals surface area contributed by atoms with Crippen LogP contribution in [0.15, 0.2) is 16.9 Å². The lowest BCUT2D eigenvalue weighted by Crippen LogP contribution is -2.44. The molecule has 2 aromatic heterocycles. The molecular formula is C20H31N5O2.